The van der Waals surface area contributed by atoms with Crippen molar-refractivity contribution in [1.82, 2.24) is 5.32 Å². The molecule has 0 radical (unpaired) electrons. The highest BCUT2D eigenvalue weighted by Gasteiger charge is 2.05. The predicted molar refractivity (Wildman–Crippen MR) is 75.1 cm³/mol. The second-order valence-electron chi connectivity index (χ2n) is 4.26. The molecule has 0 aromatic heterocycles. The molecule has 6 heteroatoms. The minimum atomic E-state index is -0.441. The molecule has 0 spiro atoms. The van der Waals surface area contributed by atoms with Gasteiger partial charge in [0.25, 0.3) is 5.69 Å². The minimum Gasteiger partial charge on any atom is -0.309 e. The molecule has 104 valence electrons. The highest BCUT2D eigenvalue weighted by molar-refractivity contribution is 6.31. The summed E-state index contributed by atoms with van der Waals surface area (Å²) in [6.45, 7) is 0.943. The lowest BCUT2D eigenvalue weighted by atomic mass is 10.2. The second kappa shape index (κ2) is 6.45. The van der Waals surface area contributed by atoms with Crippen molar-refractivity contribution in [2.45, 2.75) is 13.1 Å². The van der Waals surface area contributed by atoms with Crippen molar-refractivity contribution in [3.05, 3.63) is 74.5 Å². The highest BCUT2D eigenvalue weighted by Crippen LogP contribution is 2.17. The summed E-state index contributed by atoms with van der Waals surface area (Å²) in [5, 5.41) is 14.1. The van der Waals surface area contributed by atoms with Gasteiger partial charge in [-0.1, -0.05) is 23.7 Å². The maximum atomic E-state index is 13.1. The van der Waals surface area contributed by atoms with Gasteiger partial charge in [-0.05, 0) is 29.3 Å². The van der Waals surface area contributed by atoms with Gasteiger partial charge in [0, 0.05) is 30.2 Å². The molecule has 0 aliphatic carbocycles. The Bertz CT molecular complexity index is 617. The number of halogens is 2. The third-order valence-corrected chi connectivity index (χ3v) is 3.17. The van der Waals surface area contributed by atoms with Crippen LogP contribution in [0.25, 0.3) is 0 Å². The van der Waals surface area contributed by atoms with Crippen molar-refractivity contribution in [1.29, 1.82) is 0 Å². The van der Waals surface area contributed by atoms with E-state index in [-0.39, 0.29) is 11.5 Å². The Hall–Kier alpha value is -1.98. The lowest BCUT2D eigenvalue weighted by Crippen LogP contribution is -2.13. The summed E-state index contributed by atoms with van der Waals surface area (Å²) in [5.41, 5.74) is 1.64. The fourth-order valence-electron chi connectivity index (χ4n) is 1.76. The summed E-state index contributed by atoms with van der Waals surface area (Å²) in [6, 6.07) is 10.5. The molecule has 0 atom stereocenters. The van der Waals surface area contributed by atoms with Crippen LogP contribution in [0.4, 0.5) is 10.1 Å². The Morgan fingerprint density at radius 2 is 1.85 bits per heavy atom. The van der Waals surface area contributed by atoms with Crippen molar-refractivity contribution < 1.29 is 9.31 Å². The molecular weight excluding hydrogens is 283 g/mol. The molecule has 20 heavy (non-hydrogen) atoms. The van der Waals surface area contributed by atoms with Gasteiger partial charge >= 0.3 is 0 Å². The van der Waals surface area contributed by atoms with Crippen LogP contribution >= 0.6 is 11.6 Å². The zero-order chi connectivity index (χ0) is 14.5. The van der Waals surface area contributed by atoms with Crippen LogP contribution in [0.1, 0.15) is 11.1 Å². The van der Waals surface area contributed by atoms with E-state index in [0.29, 0.717) is 23.7 Å². The Labute approximate surface area is 120 Å². The SMILES string of the molecule is O=[N+]([O-])c1ccc(CNCc2cc(F)ccc2Cl)cc1. The molecular formula is C14H12ClFN2O2. The predicted octanol–water partition coefficient (Wildman–Crippen LogP) is 3.68. The molecule has 4 nitrogen and oxygen atoms in total. The lowest BCUT2D eigenvalue weighted by Gasteiger charge is -2.07. The summed E-state index contributed by atoms with van der Waals surface area (Å²) in [6.07, 6.45) is 0. The number of rotatable bonds is 5. The Balaban J connectivity index is 1.92. The number of nitrogens with zero attached hydrogens (tertiary/aromatic N) is 1. The van der Waals surface area contributed by atoms with Crippen LogP contribution in [0.3, 0.4) is 0 Å². The highest BCUT2D eigenvalue weighted by atomic mass is 35.5. The number of nitro benzene ring substituents is 1. The van der Waals surface area contributed by atoms with Gasteiger partial charge in [0.05, 0.1) is 4.92 Å². The first-order chi connectivity index (χ1) is 9.56. The van der Waals surface area contributed by atoms with Crippen LogP contribution in [0.15, 0.2) is 42.5 Å². The van der Waals surface area contributed by atoms with E-state index in [0.717, 1.165) is 5.56 Å². The number of benzene rings is 2. The third kappa shape index (κ3) is 3.76. The van der Waals surface area contributed by atoms with Crippen molar-refractivity contribution in [2.24, 2.45) is 0 Å². The van der Waals surface area contributed by atoms with E-state index in [1.54, 1.807) is 12.1 Å². The van der Waals surface area contributed by atoms with Crippen LogP contribution in [0.5, 0.6) is 0 Å². The van der Waals surface area contributed by atoms with Crippen LogP contribution in [-0.4, -0.2) is 4.92 Å². The summed E-state index contributed by atoms with van der Waals surface area (Å²) in [4.78, 5) is 10.1. The van der Waals surface area contributed by atoms with Gasteiger partial charge in [0.1, 0.15) is 5.82 Å². The van der Waals surface area contributed by atoms with Gasteiger partial charge in [0.15, 0.2) is 0 Å². The molecule has 1 N–H and O–H groups in total. The third-order valence-electron chi connectivity index (χ3n) is 2.80. The molecule has 0 aliphatic heterocycles. The Kier molecular flexibility index (Phi) is 4.65. The maximum Gasteiger partial charge on any atom is 0.269 e. The van der Waals surface area contributed by atoms with Crippen molar-refractivity contribution in [2.75, 3.05) is 0 Å². The first-order valence-corrected chi connectivity index (χ1v) is 6.32. The minimum absolute atomic E-state index is 0.0573. The number of hydrogen-bond donors (Lipinski definition) is 1. The fraction of sp³-hybridized carbons (Fsp3) is 0.143. The summed E-state index contributed by atoms with van der Waals surface area (Å²) < 4.78 is 13.1. The molecule has 0 heterocycles. The number of nitrogens with one attached hydrogen (secondary N) is 1. The smallest absolute Gasteiger partial charge is 0.269 e. The molecule has 0 unspecified atom stereocenters. The normalized spacial score (nSPS) is 10.5. The quantitative estimate of drug-likeness (QED) is 0.676. The van der Waals surface area contributed by atoms with Crippen LogP contribution in [0, 0.1) is 15.9 Å². The first-order valence-electron chi connectivity index (χ1n) is 5.94. The standard InChI is InChI=1S/C14H12ClFN2O2/c15-14-6-3-12(16)7-11(14)9-17-8-10-1-4-13(5-2-10)18(19)20/h1-7,17H,8-9H2. The average molecular weight is 295 g/mol. The van der Waals surface area contributed by atoms with E-state index in [9.17, 15) is 14.5 Å². The van der Waals surface area contributed by atoms with Gasteiger partial charge in [-0.3, -0.25) is 10.1 Å². The van der Waals surface area contributed by atoms with Gasteiger partial charge < -0.3 is 5.32 Å². The van der Waals surface area contributed by atoms with Crippen molar-refractivity contribution in [3.8, 4) is 0 Å². The molecule has 0 saturated heterocycles. The molecule has 0 saturated carbocycles. The largest absolute Gasteiger partial charge is 0.309 e. The van der Waals surface area contributed by atoms with Crippen LogP contribution in [0.2, 0.25) is 5.02 Å². The van der Waals surface area contributed by atoms with E-state index in [4.69, 9.17) is 11.6 Å². The van der Waals surface area contributed by atoms with E-state index >= 15 is 0 Å². The van der Waals surface area contributed by atoms with Gasteiger partial charge in [-0.15, -0.1) is 0 Å². The first kappa shape index (κ1) is 14.4. The van der Waals surface area contributed by atoms with Gasteiger partial charge in [0.2, 0.25) is 0 Å². The van der Waals surface area contributed by atoms with Gasteiger partial charge in [-0.25, -0.2) is 4.39 Å². The lowest BCUT2D eigenvalue weighted by molar-refractivity contribution is -0.384. The molecule has 2 rings (SSSR count). The number of non-ortho nitro benzene ring substituents is 1. The Morgan fingerprint density at radius 1 is 1.15 bits per heavy atom. The van der Waals surface area contributed by atoms with Crippen molar-refractivity contribution in [3.63, 3.8) is 0 Å². The van der Waals surface area contributed by atoms with Crippen molar-refractivity contribution >= 4 is 17.3 Å². The second-order valence-corrected chi connectivity index (χ2v) is 4.67. The van der Waals surface area contributed by atoms with Crippen LogP contribution < -0.4 is 5.32 Å². The van der Waals surface area contributed by atoms with E-state index in [1.165, 1.54) is 30.3 Å². The summed E-state index contributed by atoms with van der Waals surface area (Å²) in [7, 11) is 0. The number of hydrogen-bond acceptors (Lipinski definition) is 3. The molecule has 2 aromatic rings. The molecule has 0 fully saturated rings. The summed E-state index contributed by atoms with van der Waals surface area (Å²) >= 11 is 5.95. The summed E-state index contributed by atoms with van der Waals surface area (Å²) in [5.74, 6) is -0.332. The number of nitro groups is 1. The molecule has 2 aromatic carbocycles. The Morgan fingerprint density at radius 3 is 2.50 bits per heavy atom. The molecule has 0 amide bonds. The fourth-order valence-corrected chi connectivity index (χ4v) is 1.94. The monoisotopic (exact) mass is 294 g/mol. The van der Waals surface area contributed by atoms with Gasteiger partial charge in [-0.2, -0.15) is 0 Å². The average Bonchev–Trinajstić information content (AvgIpc) is 2.43. The maximum absolute atomic E-state index is 13.1. The topological polar surface area (TPSA) is 55.2 Å². The van der Waals surface area contributed by atoms with E-state index < -0.39 is 4.92 Å². The molecule has 0 bridgehead atoms. The zero-order valence-corrected chi connectivity index (χ0v) is 11.2. The molecule has 0 aliphatic rings. The zero-order valence-electron chi connectivity index (χ0n) is 10.5. The van der Waals surface area contributed by atoms with E-state index in [2.05, 4.69) is 5.32 Å². The van der Waals surface area contributed by atoms with Crippen LogP contribution in [-0.2, 0) is 13.1 Å². The van der Waals surface area contributed by atoms with E-state index in [1.807, 2.05) is 0 Å².